The van der Waals surface area contributed by atoms with E-state index in [1.165, 1.54) is 23.5 Å². The van der Waals surface area contributed by atoms with Gasteiger partial charge in [0.25, 0.3) is 0 Å². The molecule has 24 heavy (non-hydrogen) atoms. The number of aromatic nitrogens is 2. The van der Waals surface area contributed by atoms with Gasteiger partial charge in [0.2, 0.25) is 11.0 Å². The van der Waals surface area contributed by atoms with Gasteiger partial charge in [0.15, 0.2) is 0 Å². The summed E-state index contributed by atoms with van der Waals surface area (Å²) in [6, 6.07) is 10.3. The van der Waals surface area contributed by atoms with Gasteiger partial charge in [-0.1, -0.05) is 36.8 Å². The molecular weight excluding hydrogens is 320 g/mol. The molecule has 1 saturated carbocycles. The Bertz CT molecular complexity index is 690. The predicted octanol–water partition coefficient (Wildman–Crippen LogP) is 2.58. The second kappa shape index (κ2) is 6.89. The highest BCUT2D eigenvalue weighted by Crippen LogP contribution is 2.29. The minimum atomic E-state index is 0.301. The minimum absolute atomic E-state index is 0.301. The Hall–Kier alpha value is -1.95. The van der Waals surface area contributed by atoms with Gasteiger partial charge in [-0.05, 0) is 18.4 Å². The fourth-order valence-corrected chi connectivity index (χ4v) is 3.99. The van der Waals surface area contributed by atoms with E-state index in [0.29, 0.717) is 11.8 Å². The molecule has 1 amide bonds. The van der Waals surface area contributed by atoms with Crippen LogP contribution in [0.3, 0.4) is 0 Å². The lowest BCUT2D eigenvalue weighted by Gasteiger charge is -2.38. The first-order valence-electron chi connectivity index (χ1n) is 8.70. The highest BCUT2D eigenvalue weighted by molar-refractivity contribution is 7.09. The molecule has 1 aromatic heterocycles. The molecule has 1 aliphatic carbocycles. The van der Waals surface area contributed by atoms with Crippen LogP contribution in [0.15, 0.2) is 30.3 Å². The summed E-state index contributed by atoms with van der Waals surface area (Å²) in [7, 11) is 0. The van der Waals surface area contributed by atoms with E-state index in [2.05, 4.69) is 21.4 Å². The normalized spacial score (nSPS) is 18.5. The quantitative estimate of drug-likeness (QED) is 0.857. The second-order valence-electron chi connectivity index (χ2n) is 6.60. The Morgan fingerprint density at radius 2 is 1.88 bits per heavy atom. The molecule has 5 nitrogen and oxygen atoms in total. The van der Waals surface area contributed by atoms with E-state index in [4.69, 9.17) is 4.98 Å². The highest BCUT2D eigenvalue weighted by Gasteiger charge is 2.31. The van der Waals surface area contributed by atoms with Gasteiger partial charge in [-0.15, -0.1) is 0 Å². The number of piperazine rings is 1. The van der Waals surface area contributed by atoms with Crippen LogP contribution in [-0.2, 0) is 11.2 Å². The van der Waals surface area contributed by atoms with Crippen molar-refractivity contribution in [1.29, 1.82) is 0 Å². The molecule has 0 atom stereocenters. The molecule has 4 rings (SSSR count). The van der Waals surface area contributed by atoms with Crippen molar-refractivity contribution in [2.75, 3.05) is 31.1 Å². The van der Waals surface area contributed by atoms with Crippen LogP contribution in [0.5, 0.6) is 0 Å². The van der Waals surface area contributed by atoms with Gasteiger partial charge in [0, 0.05) is 50.1 Å². The predicted molar refractivity (Wildman–Crippen MR) is 95.3 cm³/mol. The van der Waals surface area contributed by atoms with Crippen molar-refractivity contribution in [2.24, 2.45) is 5.92 Å². The molecule has 0 N–H and O–H groups in total. The maximum absolute atomic E-state index is 12.3. The molecule has 126 valence electrons. The molecule has 2 aliphatic rings. The summed E-state index contributed by atoms with van der Waals surface area (Å²) < 4.78 is 4.50. The summed E-state index contributed by atoms with van der Waals surface area (Å²) in [6.07, 6.45) is 4.15. The fraction of sp³-hybridized carbons (Fsp3) is 0.500. The van der Waals surface area contributed by atoms with E-state index in [-0.39, 0.29) is 0 Å². The summed E-state index contributed by atoms with van der Waals surface area (Å²) >= 11 is 1.47. The Morgan fingerprint density at radius 1 is 1.12 bits per heavy atom. The van der Waals surface area contributed by atoms with Crippen LogP contribution in [0.2, 0.25) is 0 Å². The number of carbonyl (C=O) groups excluding carboxylic acids is 1. The second-order valence-corrected chi connectivity index (χ2v) is 7.33. The van der Waals surface area contributed by atoms with E-state index in [1.54, 1.807) is 0 Å². The van der Waals surface area contributed by atoms with Crippen LogP contribution in [0.25, 0.3) is 0 Å². The Labute approximate surface area is 146 Å². The fourth-order valence-electron chi connectivity index (χ4n) is 3.25. The molecular formula is C18H22N4OS. The lowest BCUT2D eigenvalue weighted by molar-refractivity contribution is -0.138. The van der Waals surface area contributed by atoms with E-state index >= 15 is 0 Å². The van der Waals surface area contributed by atoms with Crippen molar-refractivity contribution in [3.05, 3.63) is 41.7 Å². The molecule has 2 heterocycles. The monoisotopic (exact) mass is 342 g/mol. The average molecular weight is 342 g/mol. The molecule has 6 heteroatoms. The van der Waals surface area contributed by atoms with Crippen molar-refractivity contribution >= 4 is 22.6 Å². The number of hydrogen-bond acceptors (Lipinski definition) is 5. The maximum Gasteiger partial charge on any atom is 0.225 e. The minimum Gasteiger partial charge on any atom is -0.343 e. The van der Waals surface area contributed by atoms with Crippen LogP contribution < -0.4 is 4.90 Å². The third-order valence-electron chi connectivity index (χ3n) is 4.98. The van der Waals surface area contributed by atoms with Crippen molar-refractivity contribution in [3.63, 3.8) is 0 Å². The third-order valence-corrected chi connectivity index (χ3v) is 5.79. The smallest absolute Gasteiger partial charge is 0.225 e. The standard InChI is InChI=1S/C18H22N4OS/c23-17(15-7-4-8-15)21-9-11-22(12-10-21)18-19-16(20-24-18)13-14-5-2-1-3-6-14/h1-3,5-6,15H,4,7-13H2. The number of rotatable bonds is 4. The van der Waals surface area contributed by atoms with E-state index in [9.17, 15) is 4.79 Å². The van der Waals surface area contributed by atoms with Crippen molar-refractivity contribution < 1.29 is 4.79 Å². The van der Waals surface area contributed by atoms with Gasteiger partial charge >= 0.3 is 0 Å². The van der Waals surface area contributed by atoms with Crippen molar-refractivity contribution in [3.8, 4) is 0 Å². The van der Waals surface area contributed by atoms with E-state index in [0.717, 1.165) is 56.4 Å². The van der Waals surface area contributed by atoms with Crippen LogP contribution in [0.4, 0.5) is 5.13 Å². The van der Waals surface area contributed by atoms with Gasteiger partial charge in [-0.3, -0.25) is 4.79 Å². The highest BCUT2D eigenvalue weighted by atomic mass is 32.1. The lowest BCUT2D eigenvalue weighted by Crippen LogP contribution is -2.51. The van der Waals surface area contributed by atoms with Crippen LogP contribution >= 0.6 is 11.5 Å². The summed E-state index contributed by atoms with van der Waals surface area (Å²) in [5.41, 5.74) is 1.23. The summed E-state index contributed by atoms with van der Waals surface area (Å²) in [5, 5.41) is 0.983. The zero-order valence-electron chi connectivity index (χ0n) is 13.7. The topological polar surface area (TPSA) is 49.3 Å². The van der Waals surface area contributed by atoms with E-state index < -0.39 is 0 Å². The number of anilines is 1. The number of amides is 1. The molecule has 2 fully saturated rings. The van der Waals surface area contributed by atoms with Gasteiger partial charge in [0.1, 0.15) is 5.82 Å². The molecule has 1 saturated heterocycles. The largest absolute Gasteiger partial charge is 0.343 e. The molecule has 1 aliphatic heterocycles. The molecule has 2 aromatic rings. The van der Waals surface area contributed by atoms with Gasteiger partial charge in [-0.2, -0.15) is 4.37 Å². The van der Waals surface area contributed by atoms with Crippen molar-refractivity contribution in [1.82, 2.24) is 14.3 Å². The first-order valence-corrected chi connectivity index (χ1v) is 9.47. The molecule has 1 aromatic carbocycles. The van der Waals surface area contributed by atoms with Gasteiger partial charge in [0.05, 0.1) is 0 Å². The molecule has 0 bridgehead atoms. The Morgan fingerprint density at radius 3 is 2.54 bits per heavy atom. The number of nitrogens with zero attached hydrogens (tertiary/aromatic N) is 4. The Balaban J connectivity index is 1.33. The summed E-state index contributed by atoms with van der Waals surface area (Å²) in [5.74, 6) is 1.55. The number of carbonyl (C=O) groups is 1. The average Bonchev–Trinajstić information content (AvgIpc) is 3.03. The first kappa shape index (κ1) is 15.6. The van der Waals surface area contributed by atoms with Gasteiger partial charge < -0.3 is 9.80 Å². The Kier molecular flexibility index (Phi) is 4.47. The first-order chi connectivity index (χ1) is 11.8. The van der Waals surface area contributed by atoms with Gasteiger partial charge in [-0.25, -0.2) is 4.98 Å². The van der Waals surface area contributed by atoms with Crippen LogP contribution in [0, 0.1) is 5.92 Å². The summed E-state index contributed by atoms with van der Waals surface area (Å²) in [4.78, 5) is 21.3. The molecule has 0 spiro atoms. The number of hydrogen-bond donors (Lipinski definition) is 0. The summed E-state index contributed by atoms with van der Waals surface area (Å²) in [6.45, 7) is 3.34. The zero-order valence-corrected chi connectivity index (χ0v) is 14.5. The van der Waals surface area contributed by atoms with Crippen LogP contribution in [0.1, 0.15) is 30.7 Å². The van der Waals surface area contributed by atoms with Crippen LogP contribution in [-0.4, -0.2) is 46.3 Å². The molecule has 0 unspecified atom stereocenters. The SMILES string of the molecule is O=C(C1CCC1)N1CCN(c2nc(Cc3ccccc3)ns2)CC1. The maximum atomic E-state index is 12.3. The lowest BCUT2D eigenvalue weighted by atomic mass is 9.84. The molecule has 0 radical (unpaired) electrons. The third kappa shape index (κ3) is 3.29. The number of benzene rings is 1. The zero-order chi connectivity index (χ0) is 16.4. The van der Waals surface area contributed by atoms with Crippen molar-refractivity contribution in [2.45, 2.75) is 25.7 Å². The van der Waals surface area contributed by atoms with E-state index in [1.807, 2.05) is 23.1 Å².